The Bertz CT molecular complexity index is 980. The predicted molar refractivity (Wildman–Crippen MR) is 121 cm³/mol. The molecule has 0 spiro atoms. The lowest BCUT2D eigenvalue weighted by Gasteiger charge is -2.42. The van der Waals surface area contributed by atoms with E-state index in [4.69, 9.17) is 10.5 Å². The summed E-state index contributed by atoms with van der Waals surface area (Å²) in [5.41, 5.74) is 7.46. The molecule has 4 amide bonds. The molecule has 0 saturated carbocycles. The van der Waals surface area contributed by atoms with Crippen LogP contribution in [0.15, 0.2) is 48.5 Å². The molecule has 1 heterocycles. The number of carbonyl (C=O) groups is 3. The fourth-order valence-electron chi connectivity index (χ4n) is 3.66. The van der Waals surface area contributed by atoms with Gasteiger partial charge in [-0.1, -0.05) is 23.8 Å². The number of rotatable bonds is 6. The van der Waals surface area contributed by atoms with Crippen LogP contribution in [0.1, 0.15) is 22.3 Å². The molecule has 9 heteroatoms. The number of nitrogens with zero attached hydrogens (tertiary/aromatic N) is 2. The Morgan fingerprint density at radius 3 is 2.56 bits per heavy atom. The van der Waals surface area contributed by atoms with Gasteiger partial charge in [0.2, 0.25) is 0 Å². The van der Waals surface area contributed by atoms with Gasteiger partial charge in [0.1, 0.15) is 5.75 Å². The lowest BCUT2D eigenvalue weighted by Crippen LogP contribution is -2.64. The Balaban J connectivity index is 1.88. The highest BCUT2D eigenvalue weighted by molar-refractivity contribution is 6.00. The number of aryl methyl sites for hydroxylation is 1. The van der Waals surface area contributed by atoms with Crippen molar-refractivity contribution in [3.05, 3.63) is 59.7 Å². The second-order valence-corrected chi connectivity index (χ2v) is 7.53. The number of benzene rings is 2. The maximum Gasteiger partial charge on any atom is 0.323 e. The van der Waals surface area contributed by atoms with Crippen molar-refractivity contribution in [3.63, 3.8) is 0 Å². The van der Waals surface area contributed by atoms with Crippen molar-refractivity contribution >= 4 is 23.5 Å². The maximum absolute atomic E-state index is 13.3. The van der Waals surface area contributed by atoms with Crippen molar-refractivity contribution in [2.45, 2.75) is 19.5 Å². The van der Waals surface area contributed by atoms with E-state index in [9.17, 15) is 14.4 Å². The molecular formula is C23H29N5O4. The molecule has 1 unspecified atom stereocenters. The first-order chi connectivity index (χ1) is 15.4. The number of hydrogen-bond acceptors (Lipinski definition) is 5. The van der Waals surface area contributed by atoms with Gasteiger partial charge in [0.25, 0.3) is 11.8 Å². The minimum atomic E-state index is -1.09. The monoisotopic (exact) mass is 439 g/mol. The molecule has 170 valence electrons. The zero-order valence-corrected chi connectivity index (χ0v) is 18.3. The minimum absolute atomic E-state index is 0.243. The third kappa shape index (κ3) is 5.36. The van der Waals surface area contributed by atoms with E-state index in [1.165, 1.54) is 16.9 Å². The van der Waals surface area contributed by atoms with E-state index in [-0.39, 0.29) is 19.0 Å². The van der Waals surface area contributed by atoms with E-state index >= 15 is 0 Å². The molecule has 0 aliphatic carbocycles. The first-order valence-electron chi connectivity index (χ1n) is 10.5. The second-order valence-electron chi connectivity index (χ2n) is 7.53. The zero-order valence-electron chi connectivity index (χ0n) is 18.3. The lowest BCUT2D eigenvalue weighted by molar-refractivity contribution is -0.132. The van der Waals surface area contributed by atoms with Crippen molar-refractivity contribution in [2.24, 2.45) is 5.73 Å². The van der Waals surface area contributed by atoms with E-state index in [0.29, 0.717) is 36.5 Å². The van der Waals surface area contributed by atoms with Gasteiger partial charge < -0.3 is 26.0 Å². The quantitative estimate of drug-likeness (QED) is 0.634. The van der Waals surface area contributed by atoms with Gasteiger partial charge >= 0.3 is 6.03 Å². The average Bonchev–Trinajstić information content (AvgIpc) is 2.81. The van der Waals surface area contributed by atoms with Gasteiger partial charge in [-0.3, -0.25) is 14.5 Å². The molecule has 4 N–H and O–H groups in total. The highest BCUT2D eigenvalue weighted by Gasteiger charge is 2.40. The molecule has 2 aromatic rings. The Kier molecular flexibility index (Phi) is 7.67. The largest absolute Gasteiger partial charge is 0.497 e. The van der Waals surface area contributed by atoms with Gasteiger partial charge in [-0.05, 0) is 37.6 Å². The van der Waals surface area contributed by atoms with E-state index in [1.54, 1.807) is 42.5 Å². The third-order valence-electron chi connectivity index (χ3n) is 5.17. The fraction of sp³-hybridized carbons (Fsp3) is 0.348. The van der Waals surface area contributed by atoms with Crippen LogP contribution in [-0.2, 0) is 4.79 Å². The molecule has 0 aromatic heterocycles. The van der Waals surface area contributed by atoms with Gasteiger partial charge in [0, 0.05) is 43.5 Å². The van der Waals surface area contributed by atoms with Crippen LogP contribution >= 0.6 is 0 Å². The Labute approximate surface area is 187 Å². The Hall–Kier alpha value is -3.59. The topological polar surface area (TPSA) is 117 Å². The lowest BCUT2D eigenvalue weighted by atomic mass is 10.1. The summed E-state index contributed by atoms with van der Waals surface area (Å²) in [6.07, 6.45) is -0.544. The summed E-state index contributed by atoms with van der Waals surface area (Å²) in [7, 11) is 1.54. The van der Waals surface area contributed by atoms with E-state index in [1.807, 2.05) is 13.0 Å². The molecule has 9 nitrogen and oxygen atoms in total. The van der Waals surface area contributed by atoms with Crippen LogP contribution in [0.25, 0.3) is 0 Å². The summed E-state index contributed by atoms with van der Waals surface area (Å²) in [5, 5.41) is 5.52. The molecule has 1 saturated heterocycles. The van der Waals surface area contributed by atoms with Crippen LogP contribution < -0.4 is 21.1 Å². The minimum Gasteiger partial charge on any atom is -0.497 e. The molecule has 0 radical (unpaired) electrons. The summed E-state index contributed by atoms with van der Waals surface area (Å²) < 4.78 is 5.20. The number of amides is 4. The summed E-state index contributed by atoms with van der Waals surface area (Å²) in [4.78, 5) is 42.3. The van der Waals surface area contributed by atoms with Crippen molar-refractivity contribution in [2.75, 3.05) is 38.6 Å². The molecule has 2 aromatic carbocycles. The van der Waals surface area contributed by atoms with Crippen molar-refractivity contribution in [1.82, 2.24) is 15.1 Å². The number of nitrogens with one attached hydrogen (secondary N) is 2. The van der Waals surface area contributed by atoms with Crippen LogP contribution in [0.3, 0.4) is 0 Å². The first kappa shape index (κ1) is 23.1. The third-order valence-corrected chi connectivity index (χ3v) is 5.17. The van der Waals surface area contributed by atoms with Crippen molar-refractivity contribution in [3.8, 4) is 5.75 Å². The highest BCUT2D eigenvalue weighted by atomic mass is 16.5. The van der Waals surface area contributed by atoms with Gasteiger partial charge in [-0.25, -0.2) is 4.79 Å². The van der Waals surface area contributed by atoms with Crippen LogP contribution in [-0.4, -0.2) is 67.1 Å². The highest BCUT2D eigenvalue weighted by Crippen LogP contribution is 2.22. The van der Waals surface area contributed by atoms with Crippen LogP contribution in [0.2, 0.25) is 0 Å². The Morgan fingerprint density at radius 1 is 1.09 bits per heavy atom. The Morgan fingerprint density at radius 2 is 1.84 bits per heavy atom. The molecule has 0 bridgehead atoms. The molecule has 1 aliphatic rings. The molecule has 1 fully saturated rings. The number of ether oxygens (including phenoxy) is 1. The first-order valence-corrected chi connectivity index (χ1v) is 10.5. The zero-order chi connectivity index (χ0) is 23.1. The molecule has 32 heavy (non-hydrogen) atoms. The number of carbonyl (C=O) groups excluding carboxylic acids is 3. The van der Waals surface area contributed by atoms with Gasteiger partial charge in [-0.15, -0.1) is 0 Å². The second kappa shape index (κ2) is 10.6. The maximum atomic E-state index is 13.3. The fourth-order valence-corrected chi connectivity index (χ4v) is 3.66. The molecule has 1 atom stereocenters. The standard InChI is InChI=1S/C23H29N5O4/c1-16-6-3-7-17(14-16)22(30)27-12-5-13-28(21(27)20(29)25-11-10-24)23(31)26-18-8-4-9-19(15-18)32-2/h3-4,6-9,14-15,21H,5,10-13,24H2,1-2H3,(H,25,29)(H,26,31). The molecule has 1 aliphatic heterocycles. The summed E-state index contributed by atoms with van der Waals surface area (Å²) in [6, 6.07) is 13.6. The number of methoxy groups -OCH3 is 1. The number of hydrogen-bond donors (Lipinski definition) is 3. The van der Waals surface area contributed by atoms with Crippen molar-refractivity contribution in [1.29, 1.82) is 0 Å². The normalized spacial score (nSPS) is 15.8. The smallest absolute Gasteiger partial charge is 0.323 e. The van der Waals surface area contributed by atoms with Crippen LogP contribution in [0, 0.1) is 6.92 Å². The summed E-state index contributed by atoms with van der Waals surface area (Å²) in [6.45, 7) is 3.07. The SMILES string of the molecule is COc1cccc(NC(=O)N2CCCN(C(=O)c3cccc(C)c3)C2C(=O)NCCN)c1. The van der Waals surface area contributed by atoms with Crippen LogP contribution in [0.5, 0.6) is 5.75 Å². The predicted octanol–water partition coefficient (Wildman–Crippen LogP) is 1.78. The number of nitrogens with two attached hydrogens (primary N) is 1. The molecule has 3 rings (SSSR count). The summed E-state index contributed by atoms with van der Waals surface area (Å²) in [5.74, 6) is -0.160. The van der Waals surface area contributed by atoms with Crippen LogP contribution in [0.4, 0.5) is 10.5 Å². The summed E-state index contributed by atoms with van der Waals surface area (Å²) >= 11 is 0. The van der Waals surface area contributed by atoms with Gasteiger partial charge in [0.15, 0.2) is 6.17 Å². The van der Waals surface area contributed by atoms with E-state index in [0.717, 1.165) is 5.56 Å². The van der Waals surface area contributed by atoms with Gasteiger partial charge in [-0.2, -0.15) is 0 Å². The molecular weight excluding hydrogens is 410 g/mol. The number of urea groups is 1. The average molecular weight is 440 g/mol. The van der Waals surface area contributed by atoms with Gasteiger partial charge in [0.05, 0.1) is 7.11 Å². The van der Waals surface area contributed by atoms with Crippen molar-refractivity contribution < 1.29 is 19.1 Å². The van der Waals surface area contributed by atoms with E-state index in [2.05, 4.69) is 10.6 Å². The number of anilines is 1. The van der Waals surface area contributed by atoms with E-state index < -0.39 is 18.1 Å².